The summed E-state index contributed by atoms with van der Waals surface area (Å²) < 4.78 is 5.56. The van der Waals surface area contributed by atoms with Crippen LogP contribution in [0.15, 0.2) is 42.5 Å². The molecule has 2 aromatic carbocycles. The van der Waals surface area contributed by atoms with Crippen molar-refractivity contribution in [1.82, 2.24) is 0 Å². The van der Waals surface area contributed by atoms with Crippen molar-refractivity contribution in [2.24, 2.45) is 5.84 Å². The predicted octanol–water partition coefficient (Wildman–Crippen LogP) is 1.83. The van der Waals surface area contributed by atoms with E-state index in [1.165, 1.54) is 12.1 Å². The van der Waals surface area contributed by atoms with Crippen LogP contribution in [-0.2, 0) is 6.61 Å². The lowest BCUT2D eigenvalue weighted by Crippen LogP contribution is -2.09. The van der Waals surface area contributed by atoms with E-state index in [4.69, 9.17) is 21.4 Å². The van der Waals surface area contributed by atoms with Gasteiger partial charge in [0.2, 0.25) is 0 Å². The molecule has 0 aromatic heterocycles. The summed E-state index contributed by atoms with van der Waals surface area (Å²) in [4.78, 5) is 10.7. The van der Waals surface area contributed by atoms with Gasteiger partial charge in [0, 0.05) is 0 Å². The van der Waals surface area contributed by atoms with Gasteiger partial charge in [-0.25, -0.2) is 4.79 Å². The number of carboxylic acid groups (broad SMARTS) is 1. The van der Waals surface area contributed by atoms with Gasteiger partial charge in [0.25, 0.3) is 0 Å². The molecule has 0 spiro atoms. The van der Waals surface area contributed by atoms with E-state index in [2.05, 4.69) is 5.43 Å². The number of nitrogen functional groups attached to an aromatic ring is 2. The molecule has 6 heteroatoms. The van der Waals surface area contributed by atoms with Gasteiger partial charge in [-0.15, -0.1) is 0 Å². The number of rotatable bonds is 5. The first-order valence-corrected chi connectivity index (χ1v) is 5.91. The Balaban J connectivity index is 2.03. The van der Waals surface area contributed by atoms with Crippen molar-refractivity contribution in [3.05, 3.63) is 53.6 Å². The van der Waals surface area contributed by atoms with Gasteiger partial charge >= 0.3 is 5.97 Å². The summed E-state index contributed by atoms with van der Waals surface area (Å²) in [7, 11) is 0. The molecule has 0 heterocycles. The van der Waals surface area contributed by atoms with Crippen LogP contribution in [0.3, 0.4) is 0 Å². The Hall–Kier alpha value is -2.73. The molecule has 6 nitrogen and oxygen atoms in total. The van der Waals surface area contributed by atoms with E-state index in [-0.39, 0.29) is 5.56 Å². The summed E-state index contributed by atoms with van der Waals surface area (Å²) in [6.45, 7) is 0.335. The van der Waals surface area contributed by atoms with Crippen LogP contribution in [0.2, 0.25) is 0 Å². The second-order valence-corrected chi connectivity index (χ2v) is 4.18. The molecule has 2 rings (SSSR count). The first-order valence-electron chi connectivity index (χ1n) is 5.91. The summed E-state index contributed by atoms with van der Waals surface area (Å²) in [6.07, 6.45) is 0. The van der Waals surface area contributed by atoms with Crippen molar-refractivity contribution in [2.75, 3.05) is 11.2 Å². The van der Waals surface area contributed by atoms with E-state index in [0.29, 0.717) is 23.7 Å². The molecule has 0 atom stereocenters. The van der Waals surface area contributed by atoms with Crippen molar-refractivity contribution in [1.29, 1.82) is 0 Å². The number of aromatic carboxylic acids is 1. The van der Waals surface area contributed by atoms with Gasteiger partial charge in [-0.05, 0) is 42.0 Å². The SMILES string of the molecule is NNc1cc(COc2ccc(C(=O)O)cc2)ccc1N. The molecule has 0 amide bonds. The summed E-state index contributed by atoms with van der Waals surface area (Å²) in [5.74, 6) is 4.97. The lowest BCUT2D eigenvalue weighted by Gasteiger charge is -2.09. The van der Waals surface area contributed by atoms with Crippen molar-refractivity contribution < 1.29 is 14.6 Å². The van der Waals surface area contributed by atoms with Gasteiger partial charge in [0.1, 0.15) is 12.4 Å². The van der Waals surface area contributed by atoms with Crippen LogP contribution < -0.4 is 21.7 Å². The first kappa shape index (κ1) is 13.7. The largest absolute Gasteiger partial charge is 0.489 e. The Morgan fingerprint density at radius 1 is 1.20 bits per heavy atom. The number of benzene rings is 2. The second kappa shape index (κ2) is 5.94. The third-order valence-electron chi connectivity index (χ3n) is 2.78. The molecule has 0 saturated carbocycles. The Kier molecular flexibility index (Phi) is 4.07. The number of hydrogen-bond donors (Lipinski definition) is 4. The maximum atomic E-state index is 10.7. The number of carbonyl (C=O) groups is 1. The topological polar surface area (TPSA) is 111 Å². The van der Waals surface area contributed by atoms with Crippen LogP contribution in [-0.4, -0.2) is 11.1 Å². The predicted molar refractivity (Wildman–Crippen MR) is 76.4 cm³/mol. The zero-order valence-corrected chi connectivity index (χ0v) is 10.7. The van der Waals surface area contributed by atoms with Gasteiger partial charge in [-0.3, -0.25) is 5.84 Å². The van der Waals surface area contributed by atoms with E-state index in [1.807, 2.05) is 6.07 Å². The first-order chi connectivity index (χ1) is 9.60. The summed E-state index contributed by atoms with van der Waals surface area (Å²) in [5.41, 5.74) is 10.5. The number of hydrogen-bond acceptors (Lipinski definition) is 5. The zero-order valence-electron chi connectivity index (χ0n) is 10.7. The van der Waals surface area contributed by atoms with Crippen LogP contribution in [0.1, 0.15) is 15.9 Å². The molecule has 0 saturated heterocycles. The lowest BCUT2D eigenvalue weighted by molar-refractivity contribution is 0.0697. The fourth-order valence-corrected chi connectivity index (χ4v) is 1.68. The molecule has 6 N–H and O–H groups in total. The molecular formula is C14H15N3O3. The van der Waals surface area contributed by atoms with Gasteiger partial charge < -0.3 is 21.0 Å². The Bertz CT molecular complexity index is 612. The highest BCUT2D eigenvalue weighted by Crippen LogP contribution is 2.20. The quantitative estimate of drug-likeness (QED) is 0.376. The smallest absolute Gasteiger partial charge is 0.335 e. The highest BCUT2D eigenvalue weighted by Gasteiger charge is 2.03. The van der Waals surface area contributed by atoms with E-state index in [9.17, 15) is 4.79 Å². The molecule has 0 aliphatic carbocycles. The van der Waals surface area contributed by atoms with E-state index >= 15 is 0 Å². The fourth-order valence-electron chi connectivity index (χ4n) is 1.68. The third-order valence-corrected chi connectivity index (χ3v) is 2.78. The van der Waals surface area contributed by atoms with Crippen LogP contribution in [0, 0.1) is 0 Å². The molecule has 2 aromatic rings. The van der Waals surface area contributed by atoms with Crippen molar-refractivity contribution in [3.63, 3.8) is 0 Å². The maximum absolute atomic E-state index is 10.7. The zero-order chi connectivity index (χ0) is 14.5. The van der Waals surface area contributed by atoms with Crippen LogP contribution in [0.5, 0.6) is 5.75 Å². The summed E-state index contributed by atoms with van der Waals surface area (Å²) >= 11 is 0. The number of nitrogens with one attached hydrogen (secondary N) is 1. The maximum Gasteiger partial charge on any atom is 0.335 e. The Morgan fingerprint density at radius 3 is 2.50 bits per heavy atom. The molecule has 0 fully saturated rings. The van der Waals surface area contributed by atoms with Gasteiger partial charge in [-0.2, -0.15) is 0 Å². The number of ether oxygens (including phenoxy) is 1. The minimum absolute atomic E-state index is 0.222. The van der Waals surface area contributed by atoms with E-state index < -0.39 is 5.97 Å². The van der Waals surface area contributed by atoms with E-state index in [1.54, 1.807) is 24.3 Å². The molecule has 0 bridgehead atoms. The fraction of sp³-hybridized carbons (Fsp3) is 0.0714. The number of nitrogens with two attached hydrogens (primary N) is 2. The molecule has 20 heavy (non-hydrogen) atoms. The van der Waals surface area contributed by atoms with Gasteiger partial charge in [-0.1, -0.05) is 6.07 Å². The minimum atomic E-state index is -0.964. The molecule has 0 radical (unpaired) electrons. The average molecular weight is 273 g/mol. The van der Waals surface area contributed by atoms with Crippen LogP contribution in [0.4, 0.5) is 11.4 Å². The summed E-state index contributed by atoms with van der Waals surface area (Å²) in [6, 6.07) is 11.6. The molecule has 0 unspecified atom stereocenters. The Morgan fingerprint density at radius 2 is 1.90 bits per heavy atom. The van der Waals surface area contributed by atoms with Gasteiger partial charge in [0.05, 0.1) is 16.9 Å². The highest BCUT2D eigenvalue weighted by molar-refractivity contribution is 5.87. The number of hydrazine groups is 1. The highest BCUT2D eigenvalue weighted by atomic mass is 16.5. The van der Waals surface area contributed by atoms with Crippen molar-refractivity contribution in [2.45, 2.75) is 6.61 Å². The minimum Gasteiger partial charge on any atom is -0.489 e. The molecule has 104 valence electrons. The Labute approximate surface area is 115 Å². The number of carboxylic acids is 1. The lowest BCUT2D eigenvalue weighted by atomic mass is 10.2. The standard InChI is InChI=1S/C14H15N3O3/c15-12-6-1-9(7-13(12)17-16)8-20-11-4-2-10(3-5-11)14(18)19/h1-7,17H,8,15-16H2,(H,18,19). The van der Waals surface area contributed by atoms with Crippen molar-refractivity contribution in [3.8, 4) is 5.75 Å². The van der Waals surface area contributed by atoms with Crippen LogP contribution >= 0.6 is 0 Å². The second-order valence-electron chi connectivity index (χ2n) is 4.18. The van der Waals surface area contributed by atoms with Crippen molar-refractivity contribution >= 4 is 17.3 Å². The molecule has 0 aliphatic heterocycles. The van der Waals surface area contributed by atoms with E-state index in [0.717, 1.165) is 5.56 Å². The van der Waals surface area contributed by atoms with Gasteiger partial charge in [0.15, 0.2) is 0 Å². The molecular weight excluding hydrogens is 258 g/mol. The molecule has 0 aliphatic rings. The monoisotopic (exact) mass is 273 g/mol. The normalized spacial score (nSPS) is 10.1. The van der Waals surface area contributed by atoms with Crippen LogP contribution in [0.25, 0.3) is 0 Å². The number of anilines is 2. The average Bonchev–Trinajstić information content (AvgIpc) is 2.46. The summed E-state index contributed by atoms with van der Waals surface area (Å²) in [5, 5.41) is 8.80. The third kappa shape index (κ3) is 3.18.